The Morgan fingerprint density at radius 1 is 1.53 bits per heavy atom. The molecular weight excluding hydrogens is 216 g/mol. The number of hydrogen-bond donors (Lipinski definition) is 1. The molecule has 17 heavy (non-hydrogen) atoms. The Morgan fingerprint density at radius 2 is 2.24 bits per heavy atom. The molecule has 0 spiro atoms. The third-order valence-electron chi connectivity index (χ3n) is 2.43. The number of hydrogen-bond acceptors (Lipinski definition) is 4. The molecule has 0 aliphatic heterocycles. The second-order valence-corrected chi connectivity index (χ2v) is 4.54. The smallest absolute Gasteiger partial charge is 0.328 e. The minimum absolute atomic E-state index is 0.229. The van der Waals surface area contributed by atoms with Crippen LogP contribution in [0.2, 0.25) is 0 Å². The van der Waals surface area contributed by atoms with Crippen molar-refractivity contribution in [1.29, 1.82) is 0 Å². The van der Waals surface area contributed by atoms with Gasteiger partial charge in [-0.05, 0) is 31.4 Å². The summed E-state index contributed by atoms with van der Waals surface area (Å²) in [6.45, 7) is 6.08. The zero-order chi connectivity index (χ0) is 12.8. The van der Waals surface area contributed by atoms with E-state index in [1.54, 1.807) is 6.20 Å². The molecule has 1 atom stereocenters. The summed E-state index contributed by atoms with van der Waals surface area (Å²) in [4.78, 5) is 15.8. The molecule has 1 unspecified atom stereocenters. The molecule has 4 nitrogen and oxygen atoms in total. The number of carbonyl (C=O) groups is 1. The van der Waals surface area contributed by atoms with E-state index in [4.69, 9.17) is 4.74 Å². The Morgan fingerprint density at radius 3 is 2.76 bits per heavy atom. The summed E-state index contributed by atoms with van der Waals surface area (Å²) in [5, 5.41) is 3.19. The van der Waals surface area contributed by atoms with Gasteiger partial charge in [0.25, 0.3) is 0 Å². The predicted molar refractivity (Wildman–Crippen MR) is 67.9 cm³/mol. The van der Waals surface area contributed by atoms with E-state index in [-0.39, 0.29) is 12.0 Å². The summed E-state index contributed by atoms with van der Waals surface area (Å²) in [6.07, 6.45) is 2.47. The van der Waals surface area contributed by atoms with Crippen LogP contribution in [-0.2, 0) is 9.53 Å². The van der Waals surface area contributed by atoms with Crippen molar-refractivity contribution in [2.45, 2.75) is 33.2 Å². The first-order chi connectivity index (χ1) is 8.02. The predicted octanol–water partition coefficient (Wildman–Crippen LogP) is 2.39. The van der Waals surface area contributed by atoms with Crippen molar-refractivity contribution < 1.29 is 9.53 Å². The maximum atomic E-state index is 11.6. The highest BCUT2D eigenvalue weighted by atomic mass is 16.5. The highest BCUT2D eigenvalue weighted by Crippen LogP contribution is 2.14. The largest absolute Gasteiger partial charge is 0.467 e. The zero-order valence-corrected chi connectivity index (χ0v) is 10.9. The molecule has 1 heterocycles. The number of ether oxygens (including phenoxy) is 1. The van der Waals surface area contributed by atoms with Gasteiger partial charge in [-0.2, -0.15) is 0 Å². The number of nitrogens with one attached hydrogen (secondary N) is 1. The molecule has 0 aliphatic rings. The highest BCUT2D eigenvalue weighted by Gasteiger charge is 2.20. The van der Waals surface area contributed by atoms with Crippen molar-refractivity contribution in [3.63, 3.8) is 0 Å². The van der Waals surface area contributed by atoms with Gasteiger partial charge in [-0.3, -0.25) is 4.98 Å². The van der Waals surface area contributed by atoms with Crippen LogP contribution in [0.3, 0.4) is 0 Å². The molecule has 94 valence electrons. The van der Waals surface area contributed by atoms with Crippen LogP contribution in [0.4, 0.5) is 5.69 Å². The molecule has 0 aromatic carbocycles. The first kappa shape index (κ1) is 13.5. The van der Waals surface area contributed by atoms with Crippen LogP contribution in [0.5, 0.6) is 0 Å². The molecule has 1 aromatic heterocycles. The summed E-state index contributed by atoms with van der Waals surface area (Å²) >= 11 is 0. The number of nitrogens with zero attached hydrogens (tertiary/aromatic N) is 1. The van der Waals surface area contributed by atoms with Crippen molar-refractivity contribution in [2.75, 3.05) is 12.4 Å². The molecule has 4 heteroatoms. The normalized spacial score (nSPS) is 12.3. The fraction of sp³-hybridized carbons (Fsp3) is 0.538. The van der Waals surface area contributed by atoms with Crippen LogP contribution < -0.4 is 5.32 Å². The monoisotopic (exact) mass is 236 g/mol. The van der Waals surface area contributed by atoms with E-state index in [0.29, 0.717) is 5.92 Å². The molecule has 0 fully saturated rings. The lowest BCUT2D eigenvalue weighted by Crippen LogP contribution is -2.32. The standard InChI is InChI=1S/C13H20N2O2/c1-9(2)7-12(13(16)17-4)15-11-5-6-14-10(3)8-11/h5-6,8-9,12H,7H2,1-4H3,(H,14,15). The maximum Gasteiger partial charge on any atom is 0.328 e. The molecule has 0 bridgehead atoms. The zero-order valence-electron chi connectivity index (χ0n) is 10.9. The Hall–Kier alpha value is -1.58. The molecule has 0 saturated carbocycles. The molecular formula is C13H20N2O2. The molecule has 0 amide bonds. The van der Waals surface area contributed by atoms with Crippen LogP contribution in [0, 0.1) is 12.8 Å². The third-order valence-corrected chi connectivity index (χ3v) is 2.43. The number of rotatable bonds is 5. The van der Waals surface area contributed by atoms with Crippen molar-refractivity contribution in [3.05, 3.63) is 24.0 Å². The van der Waals surface area contributed by atoms with E-state index < -0.39 is 0 Å². The van der Waals surface area contributed by atoms with Crippen LogP contribution >= 0.6 is 0 Å². The minimum Gasteiger partial charge on any atom is -0.467 e. The first-order valence-corrected chi connectivity index (χ1v) is 5.80. The Balaban J connectivity index is 2.75. The van der Waals surface area contributed by atoms with E-state index in [2.05, 4.69) is 24.1 Å². The average molecular weight is 236 g/mol. The fourth-order valence-corrected chi connectivity index (χ4v) is 1.66. The summed E-state index contributed by atoms with van der Waals surface area (Å²) in [5.74, 6) is 0.197. The number of carbonyl (C=O) groups excluding carboxylic acids is 1. The van der Waals surface area contributed by atoms with Crippen LogP contribution in [-0.4, -0.2) is 24.1 Å². The summed E-state index contributed by atoms with van der Waals surface area (Å²) < 4.78 is 4.80. The van der Waals surface area contributed by atoms with Crippen LogP contribution in [0.15, 0.2) is 18.3 Å². The molecule has 0 saturated heterocycles. The van der Waals surface area contributed by atoms with Crippen molar-refractivity contribution >= 4 is 11.7 Å². The van der Waals surface area contributed by atoms with E-state index in [9.17, 15) is 4.79 Å². The minimum atomic E-state index is -0.304. The van der Waals surface area contributed by atoms with E-state index >= 15 is 0 Å². The lowest BCUT2D eigenvalue weighted by Gasteiger charge is -2.19. The van der Waals surface area contributed by atoms with Gasteiger partial charge in [0, 0.05) is 17.6 Å². The van der Waals surface area contributed by atoms with E-state index in [1.165, 1.54) is 7.11 Å². The maximum absolute atomic E-state index is 11.6. The SMILES string of the molecule is COC(=O)C(CC(C)C)Nc1ccnc(C)c1. The second-order valence-electron chi connectivity index (χ2n) is 4.54. The van der Waals surface area contributed by atoms with Gasteiger partial charge >= 0.3 is 5.97 Å². The number of esters is 1. The van der Waals surface area contributed by atoms with Crippen LogP contribution in [0.25, 0.3) is 0 Å². The lowest BCUT2D eigenvalue weighted by molar-refractivity contribution is -0.141. The fourth-order valence-electron chi connectivity index (χ4n) is 1.66. The first-order valence-electron chi connectivity index (χ1n) is 5.80. The van der Waals surface area contributed by atoms with Crippen LogP contribution in [0.1, 0.15) is 26.0 Å². The molecule has 1 aromatic rings. The Kier molecular flexibility index (Phi) is 4.94. The Labute approximate surface area is 102 Å². The number of anilines is 1. The number of methoxy groups -OCH3 is 1. The summed E-state index contributed by atoms with van der Waals surface area (Å²) in [6, 6.07) is 3.46. The molecule has 1 N–H and O–H groups in total. The summed E-state index contributed by atoms with van der Waals surface area (Å²) in [5.41, 5.74) is 1.82. The Bertz CT molecular complexity index is 377. The van der Waals surface area contributed by atoms with Gasteiger partial charge in [0.05, 0.1) is 7.11 Å². The number of aromatic nitrogens is 1. The van der Waals surface area contributed by atoms with Gasteiger partial charge in [-0.15, -0.1) is 0 Å². The number of pyridine rings is 1. The molecule has 0 radical (unpaired) electrons. The van der Waals surface area contributed by atoms with Gasteiger partial charge in [-0.25, -0.2) is 4.79 Å². The van der Waals surface area contributed by atoms with Gasteiger partial charge in [0.2, 0.25) is 0 Å². The van der Waals surface area contributed by atoms with Gasteiger partial charge < -0.3 is 10.1 Å². The topological polar surface area (TPSA) is 51.2 Å². The van der Waals surface area contributed by atoms with Gasteiger partial charge in [0.1, 0.15) is 6.04 Å². The summed E-state index contributed by atoms with van der Waals surface area (Å²) in [7, 11) is 1.41. The quantitative estimate of drug-likeness (QED) is 0.797. The van der Waals surface area contributed by atoms with E-state index in [1.807, 2.05) is 19.1 Å². The molecule has 1 rings (SSSR count). The number of aryl methyl sites for hydroxylation is 1. The van der Waals surface area contributed by atoms with Crippen molar-refractivity contribution in [2.24, 2.45) is 5.92 Å². The van der Waals surface area contributed by atoms with E-state index in [0.717, 1.165) is 17.8 Å². The highest BCUT2D eigenvalue weighted by molar-refractivity contribution is 5.79. The third kappa shape index (κ3) is 4.43. The van der Waals surface area contributed by atoms with Crippen molar-refractivity contribution in [1.82, 2.24) is 4.98 Å². The average Bonchev–Trinajstić information content (AvgIpc) is 2.26. The molecule has 0 aliphatic carbocycles. The van der Waals surface area contributed by atoms with Crippen molar-refractivity contribution in [3.8, 4) is 0 Å². The van der Waals surface area contributed by atoms with Gasteiger partial charge in [0.15, 0.2) is 0 Å². The lowest BCUT2D eigenvalue weighted by atomic mass is 10.0. The van der Waals surface area contributed by atoms with Gasteiger partial charge in [-0.1, -0.05) is 13.8 Å². The second kappa shape index (κ2) is 6.23.